The smallest absolute Gasteiger partial charge is 0.195 e. The van der Waals surface area contributed by atoms with Crippen molar-refractivity contribution in [2.75, 3.05) is 12.4 Å². The Bertz CT molecular complexity index is 774. The number of rotatable bonds is 6. The molecule has 0 unspecified atom stereocenters. The minimum atomic E-state index is 0.590. The van der Waals surface area contributed by atoms with Crippen molar-refractivity contribution in [1.82, 2.24) is 14.8 Å². The molecular formula is C17H16ClN3OS. The monoisotopic (exact) mass is 345 g/mol. The summed E-state index contributed by atoms with van der Waals surface area (Å²) in [6, 6.07) is 15.5. The molecule has 1 heterocycles. The number of ether oxygens (including phenoxy) is 1. The topological polar surface area (TPSA) is 39.9 Å². The van der Waals surface area contributed by atoms with Gasteiger partial charge in [0.1, 0.15) is 12.1 Å². The van der Waals surface area contributed by atoms with Crippen LogP contribution in [0.2, 0.25) is 5.02 Å². The first-order valence-corrected chi connectivity index (χ1v) is 8.57. The molecule has 0 bridgehead atoms. The van der Waals surface area contributed by atoms with E-state index in [4.69, 9.17) is 16.3 Å². The van der Waals surface area contributed by atoms with Crippen LogP contribution in [0.15, 0.2) is 60.0 Å². The fourth-order valence-corrected chi connectivity index (χ4v) is 3.01. The molecule has 0 saturated carbocycles. The molecule has 0 atom stereocenters. The van der Waals surface area contributed by atoms with Crippen molar-refractivity contribution in [3.8, 4) is 11.4 Å². The number of benzene rings is 2. The largest absolute Gasteiger partial charge is 0.493 e. The molecule has 0 aliphatic rings. The number of thioether (sulfide) groups is 1. The first-order chi connectivity index (χ1) is 11.2. The Morgan fingerprint density at radius 3 is 2.70 bits per heavy atom. The number of nitrogens with zero attached hydrogens (tertiary/aromatic N) is 3. The van der Waals surface area contributed by atoms with Gasteiger partial charge in [-0.15, -0.1) is 10.2 Å². The standard InChI is InChI=1S/C17H16ClN3OS/c1-13-4-2-3-5-16(13)21-12-19-20-17(21)23-11-10-22-15-8-6-14(18)7-9-15/h2-9,12H,10-11H2,1H3. The van der Waals surface area contributed by atoms with Gasteiger partial charge < -0.3 is 4.74 Å². The molecule has 0 aliphatic carbocycles. The van der Waals surface area contributed by atoms with Gasteiger partial charge >= 0.3 is 0 Å². The minimum Gasteiger partial charge on any atom is -0.493 e. The molecule has 3 rings (SSSR count). The van der Waals surface area contributed by atoms with Crippen LogP contribution in [0.4, 0.5) is 0 Å². The van der Waals surface area contributed by atoms with E-state index >= 15 is 0 Å². The molecule has 0 radical (unpaired) electrons. The lowest BCUT2D eigenvalue weighted by atomic mass is 10.2. The van der Waals surface area contributed by atoms with Crippen molar-refractivity contribution < 1.29 is 4.74 Å². The Kier molecular flexibility index (Phi) is 5.20. The van der Waals surface area contributed by atoms with Gasteiger partial charge in [-0.2, -0.15) is 0 Å². The summed E-state index contributed by atoms with van der Waals surface area (Å²) < 4.78 is 7.69. The van der Waals surface area contributed by atoms with E-state index in [0.717, 1.165) is 22.3 Å². The van der Waals surface area contributed by atoms with Gasteiger partial charge in [0.25, 0.3) is 0 Å². The van der Waals surface area contributed by atoms with Gasteiger partial charge in [0.15, 0.2) is 5.16 Å². The van der Waals surface area contributed by atoms with E-state index in [9.17, 15) is 0 Å². The second kappa shape index (κ2) is 7.53. The summed E-state index contributed by atoms with van der Waals surface area (Å²) in [6.45, 7) is 2.67. The summed E-state index contributed by atoms with van der Waals surface area (Å²) in [5, 5.41) is 9.78. The zero-order valence-electron chi connectivity index (χ0n) is 12.6. The molecule has 1 aromatic heterocycles. The van der Waals surface area contributed by atoms with Gasteiger partial charge in [0.2, 0.25) is 0 Å². The maximum absolute atomic E-state index is 5.85. The van der Waals surface area contributed by atoms with Gasteiger partial charge in [-0.1, -0.05) is 41.6 Å². The summed E-state index contributed by atoms with van der Waals surface area (Å²) in [5.74, 6) is 1.60. The molecule has 23 heavy (non-hydrogen) atoms. The highest BCUT2D eigenvalue weighted by atomic mass is 35.5. The number of halogens is 1. The SMILES string of the molecule is Cc1ccccc1-n1cnnc1SCCOc1ccc(Cl)cc1. The zero-order chi connectivity index (χ0) is 16.1. The van der Waals surface area contributed by atoms with E-state index in [-0.39, 0.29) is 0 Å². The van der Waals surface area contributed by atoms with Gasteiger partial charge in [-0.3, -0.25) is 4.57 Å². The van der Waals surface area contributed by atoms with Crippen molar-refractivity contribution in [3.63, 3.8) is 0 Å². The molecule has 0 N–H and O–H groups in total. The second-order valence-electron chi connectivity index (χ2n) is 4.92. The lowest BCUT2D eigenvalue weighted by Gasteiger charge is -2.09. The number of hydrogen-bond donors (Lipinski definition) is 0. The summed E-state index contributed by atoms with van der Waals surface area (Å²) >= 11 is 7.47. The summed E-state index contributed by atoms with van der Waals surface area (Å²) in [7, 11) is 0. The molecule has 3 aromatic rings. The lowest BCUT2D eigenvalue weighted by Crippen LogP contribution is -2.02. The third-order valence-electron chi connectivity index (χ3n) is 3.29. The van der Waals surface area contributed by atoms with Crippen LogP contribution < -0.4 is 4.74 Å². The average molecular weight is 346 g/mol. The zero-order valence-corrected chi connectivity index (χ0v) is 14.2. The number of para-hydroxylation sites is 1. The second-order valence-corrected chi connectivity index (χ2v) is 6.42. The normalized spacial score (nSPS) is 10.7. The van der Waals surface area contributed by atoms with E-state index in [1.165, 1.54) is 5.56 Å². The van der Waals surface area contributed by atoms with Crippen LogP contribution >= 0.6 is 23.4 Å². The Labute approximate surface area is 144 Å². The maximum Gasteiger partial charge on any atom is 0.195 e. The molecule has 0 fully saturated rings. The van der Waals surface area contributed by atoms with Crippen molar-refractivity contribution in [2.45, 2.75) is 12.1 Å². The van der Waals surface area contributed by atoms with Crippen LogP contribution in [0.25, 0.3) is 5.69 Å². The summed E-state index contributed by atoms with van der Waals surface area (Å²) in [4.78, 5) is 0. The van der Waals surface area contributed by atoms with E-state index in [1.54, 1.807) is 18.1 Å². The fraction of sp³-hybridized carbons (Fsp3) is 0.176. The highest BCUT2D eigenvalue weighted by molar-refractivity contribution is 7.99. The maximum atomic E-state index is 5.85. The molecule has 0 saturated heterocycles. The van der Waals surface area contributed by atoms with Crippen LogP contribution in [0, 0.1) is 6.92 Å². The van der Waals surface area contributed by atoms with Crippen molar-refractivity contribution in [2.24, 2.45) is 0 Å². The Morgan fingerprint density at radius 2 is 1.91 bits per heavy atom. The molecule has 0 amide bonds. The van der Waals surface area contributed by atoms with Crippen molar-refractivity contribution >= 4 is 23.4 Å². The summed E-state index contributed by atoms with van der Waals surface area (Å²) in [6.07, 6.45) is 1.74. The predicted molar refractivity (Wildman–Crippen MR) is 93.8 cm³/mol. The van der Waals surface area contributed by atoms with Crippen molar-refractivity contribution in [1.29, 1.82) is 0 Å². The molecule has 6 heteroatoms. The molecule has 0 spiro atoms. The fourth-order valence-electron chi connectivity index (χ4n) is 2.15. The van der Waals surface area contributed by atoms with Gasteiger partial charge in [0.05, 0.1) is 12.3 Å². The molecule has 118 valence electrons. The van der Waals surface area contributed by atoms with E-state index in [0.29, 0.717) is 11.6 Å². The number of aromatic nitrogens is 3. The van der Waals surface area contributed by atoms with Crippen LogP contribution in [0.3, 0.4) is 0 Å². The lowest BCUT2D eigenvalue weighted by molar-refractivity contribution is 0.344. The minimum absolute atomic E-state index is 0.590. The highest BCUT2D eigenvalue weighted by Gasteiger charge is 2.08. The van der Waals surface area contributed by atoms with Crippen LogP contribution in [0.5, 0.6) is 5.75 Å². The Balaban J connectivity index is 1.58. The van der Waals surface area contributed by atoms with Gasteiger partial charge in [0, 0.05) is 10.8 Å². The van der Waals surface area contributed by atoms with Crippen LogP contribution in [-0.4, -0.2) is 27.1 Å². The Morgan fingerprint density at radius 1 is 1.13 bits per heavy atom. The van der Waals surface area contributed by atoms with Crippen LogP contribution in [0.1, 0.15) is 5.56 Å². The van der Waals surface area contributed by atoms with E-state index < -0.39 is 0 Å². The Hall–Kier alpha value is -1.98. The summed E-state index contributed by atoms with van der Waals surface area (Å²) in [5.41, 5.74) is 2.28. The molecular weight excluding hydrogens is 330 g/mol. The molecule has 0 aliphatic heterocycles. The highest BCUT2D eigenvalue weighted by Crippen LogP contribution is 2.22. The van der Waals surface area contributed by atoms with Crippen molar-refractivity contribution in [3.05, 3.63) is 65.4 Å². The predicted octanol–water partition coefficient (Wildman–Crippen LogP) is 4.40. The first kappa shape index (κ1) is 15.9. The van der Waals surface area contributed by atoms with E-state index in [2.05, 4.69) is 29.3 Å². The quantitative estimate of drug-likeness (QED) is 0.490. The first-order valence-electron chi connectivity index (χ1n) is 7.21. The third-order valence-corrected chi connectivity index (χ3v) is 4.45. The third kappa shape index (κ3) is 4.06. The van der Waals surface area contributed by atoms with Crippen LogP contribution in [-0.2, 0) is 0 Å². The van der Waals surface area contributed by atoms with E-state index in [1.807, 2.05) is 41.0 Å². The van der Waals surface area contributed by atoms with Gasteiger partial charge in [-0.05, 0) is 42.8 Å². The number of hydrogen-bond acceptors (Lipinski definition) is 4. The molecule has 4 nitrogen and oxygen atoms in total. The van der Waals surface area contributed by atoms with Gasteiger partial charge in [-0.25, -0.2) is 0 Å². The molecule has 2 aromatic carbocycles. The average Bonchev–Trinajstić information content (AvgIpc) is 3.02. The number of aryl methyl sites for hydroxylation is 1.